The fraction of sp³-hybridized carbons (Fsp3) is 0.176. The van der Waals surface area contributed by atoms with Gasteiger partial charge in [-0.3, -0.25) is 0 Å². The van der Waals surface area contributed by atoms with E-state index in [2.05, 4.69) is 75.6 Å². The van der Waals surface area contributed by atoms with Crippen molar-refractivity contribution in [2.45, 2.75) is 19.5 Å². The van der Waals surface area contributed by atoms with Crippen molar-refractivity contribution < 1.29 is 0 Å². The lowest BCUT2D eigenvalue weighted by atomic mass is 10.1. The van der Waals surface area contributed by atoms with Crippen molar-refractivity contribution in [1.82, 2.24) is 10.3 Å². The van der Waals surface area contributed by atoms with Gasteiger partial charge in [-0.2, -0.15) is 0 Å². The molecule has 3 heteroatoms. The van der Waals surface area contributed by atoms with Gasteiger partial charge in [0.05, 0.1) is 0 Å². The van der Waals surface area contributed by atoms with Crippen LogP contribution in [-0.2, 0) is 6.54 Å². The molecule has 3 rings (SSSR count). The van der Waals surface area contributed by atoms with E-state index in [0.717, 1.165) is 11.0 Å². The summed E-state index contributed by atoms with van der Waals surface area (Å²) >= 11 is 3.61. The molecular weight excluding hydrogens is 312 g/mol. The summed E-state index contributed by atoms with van der Waals surface area (Å²) in [6.45, 7) is 3.05. The fourth-order valence-electron chi connectivity index (χ4n) is 2.50. The number of hydrogen-bond acceptors (Lipinski definition) is 1. The third-order valence-corrected chi connectivity index (χ3v) is 4.38. The molecule has 2 N–H and O–H groups in total. The fourth-order valence-corrected chi connectivity index (χ4v) is 3.13. The van der Waals surface area contributed by atoms with Gasteiger partial charge in [-0.25, -0.2) is 0 Å². The van der Waals surface area contributed by atoms with Gasteiger partial charge in [-0.05, 0) is 36.2 Å². The van der Waals surface area contributed by atoms with Gasteiger partial charge in [0, 0.05) is 34.2 Å². The van der Waals surface area contributed by atoms with Gasteiger partial charge in [-0.1, -0.05) is 46.3 Å². The Hall–Kier alpha value is -1.58. The number of nitrogens with one attached hydrogen (secondary N) is 2. The predicted octanol–water partition coefficient (Wildman–Crippen LogP) is 4.78. The topological polar surface area (TPSA) is 27.8 Å². The van der Waals surface area contributed by atoms with Crippen LogP contribution in [0.2, 0.25) is 0 Å². The second kappa shape index (κ2) is 5.81. The van der Waals surface area contributed by atoms with Gasteiger partial charge >= 0.3 is 0 Å². The first-order valence-corrected chi connectivity index (χ1v) is 7.58. The van der Waals surface area contributed by atoms with Crippen molar-refractivity contribution in [3.63, 3.8) is 0 Å². The molecule has 0 saturated carbocycles. The molecule has 2 nitrogen and oxygen atoms in total. The molecule has 0 spiro atoms. The smallest absolute Gasteiger partial charge is 0.0457 e. The van der Waals surface area contributed by atoms with E-state index in [4.69, 9.17) is 0 Å². The lowest BCUT2D eigenvalue weighted by Gasteiger charge is -2.16. The van der Waals surface area contributed by atoms with E-state index in [1.54, 1.807) is 0 Å². The van der Waals surface area contributed by atoms with E-state index in [1.807, 2.05) is 12.3 Å². The van der Waals surface area contributed by atoms with E-state index in [0.29, 0.717) is 6.04 Å². The maximum atomic E-state index is 3.61. The molecule has 1 aromatic heterocycles. The molecule has 1 atom stereocenters. The van der Waals surface area contributed by atoms with Crippen LogP contribution in [0.1, 0.15) is 24.1 Å². The van der Waals surface area contributed by atoms with Crippen molar-refractivity contribution >= 4 is 26.8 Å². The number of aromatic nitrogens is 1. The number of halogens is 1. The summed E-state index contributed by atoms with van der Waals surface area (Å²) in [5.74, 6) is 0. The molecule has 3 aromatic rings. The largest absolute Gasteiger partial charge is 0.361 e. The molecule has 0 amide bonds. The normalized spacial score (nSPS) is 12.7. The standard InChI is InChI=1S/C17H17BrN2/c1-12(14-6-2-3-7-16(14)18)20-11-13-5-4-8-17-15(13)9-10-19-17/h2-10,12,19-20H,11H2,1H3/t12-/m0/s1. The van der Waals surface area contributed by atoms with E-state index in [1.165, 1.54) is 22.0 Å². The number of fused-ring (bicyclic) bond motifs is 1. The number of benzene rings is 2. The zero-order valence-electron chi connectivity index (χ0n) is 11.4. The van der Waals surface area contributed by atoms with Crippen molar-refractivity contribution in [2.24, 2.45) is 0 Å². The summed E-state index contributed by atoms with van der Waals surface area (Å²) in [5.41, 5.74) is 3.80. The van der Waals surface area contributed by atoms with Gasteiger partial charge in [0.25, 0.3) is 0 Å². The summed E-state index contributed by atoms with van der Waals surface area (Å²) < 4.78 is 1.15. The second-order valence-corrected chi connectivity index (χ2v) is 5.83. The molecule has 0 aliphatic heterocycles. The summed E-state index contributed by atoms with van der Waals surface area (Å²) in [7, 11) is 0. The van der Waals surface area contributed by atoms with Gasteiger partial charge in [0.1, 0.15) is 0 Å². The highest BCUT2D eigenvalue weighted by Crippen LogP contribution is 2.24. The van der Waals surface area contributed by atoms with Crippen molar-refractivity contribution in [1.29, 1.82) is 0 Å². The molecule has 0 radical (unpaired) electrons. The Morgan fingerprint density at radius 2 is 1.95 bits per heavy atom. The minimum absolute atomic E-state index is 0.305. The maximum absolute atomic E-state index is 3.61. The molecule has 102 valence electrons. The molecule has 2 aromatic carbocycles. The van der Waals surface area contributed by atoms with Crippen LogP contribution < -0.4 is 5.32 Å². The number of hydrogen-bond donors (Lipinski definition) is 2. The van der Waals surface area contributed by atoms with E-state index >= 15 is 0 Å². The molecule has 0 aliphatic carbocycles. The average Bonchev–Trinajstić information content (AvgIpc) is 2.94. The van der Waals surface area contributed by atoms with Gasteiger partial charge < -0.3 is 10.3 Å². The van der Waals surface area contributed by atoms with Gasteiger partial charge in [0.15, 0.2) is 0 Å². The van der Waals surface area contributed by atoms with Crippen molar-refractivity contribution in [3.05, 3.63) is 70.3 Å². The van der Waals surface area contributed by atoms with E-state index in [-0.39, 0.29) is 0 Å². The minimum atomic E-state index is 0.305. The minimum Gasteiger partial charge on any atom is -0.361 e. The molecule has 20 heavy (non-hydrogen) atoms. The zero-order chi connectivity index (χ0) is 13.9. The number of aromatic amines is 1. The first-order chi connectivity index (χ1) is 9.75. The average molecular weight is 329 g/mol. The van der Waals surface area contributed by atoms with Crippen molar-refractivity contribution in [2.75, 3.05) is 0 Å². The Labute approximate surface area is 127 Å². The molecule has 0 aliphatic rings. The van der Waals surface area contributed by atoms with E-state index in [9.17, 15) is 0 Å². The van der Waals surface area contributed by atoms with E-state index < -0.39 is 0 Å². The molecular formula is C17H17BrN2. The summed E-state index contributed by atoms with van der Waals surface area (Å²) in [6, 6.07) is 17.2. The van der Waals surface area contributed by atoms with Gasteiger partial charge in [0.2, 0.25) is 0 Å². The molecule has 0 unspecified atom stereocenters. The van der Waals surface area contributed by atoms with Crippen LogP contribution in [0.15, 0.2) is 59.2 Å². The monoisotopic (exact) mass is 328 g/mol. The highest BCUT2D eigenvalue weighted by Gasteiger charge is 2.09. The van der Waals surface area contributed by atoms with Crippen LogP contribution in [0.4, 0.5) is 0 Å². The first-order valence-electron chi connectivity index (χ1n) is 6.78. The van der Waals surface area contributed by atoms with Crippen LogP contribution in [0.25, 0.3) is 10.9 Å². The Bertz CT molecular complexity index is 718. The molecule has 0 saturated heterocycles. The van der Waals surface area contributed by atoms with Crippen LogP contribution in [0, 0.1) is 0 Å². The predicted molar refractivity (Wildman–Crippen MR) is 87.7 cm³/mol. The SMILES string of the molecule is C[C@H](NCc1cccc2[nH]ccc12)c1ccccc1Br. The van der Waals surface area contributed by atoms with Crippen LogP contribution in [0.5, 0.6) is 0 Å². The Balaban J connectivity index is 1.76. The quantitative estimate of drug-likeness (QED) is 0.708. The Kier molecular flexibility index (Phi) is 3.90. The summed E-state index contributed by atoms with van der Waals surface area (Å²) in [5, 5.41) is 4.89. The van der Waals surface area contributed by atoms with Crippen molar-refractivity contribution in [3.8, 4) is 0 Å². The van der Waals surface area contributed by atoms with Crippen LogP contribution in [-0.4, -0.2) is 4.98 Å². The Morgan fingerprint density at radius 1 is 1.10 bits per heavy atom. The molecule has 0 bridgehead atoms. The maximum Gasteiger partial charge on any atom is 0.0457 e. The second-order valence-electron chi connectivity index (χ2n) is 4.98. The lowest BCUT2D eigenvalue weighted by Crippen LogP contribution is -2.18. The summed E-state index contributed by atoms with van der Waals surface area (Å²) in [6.07, 6.45) is 1.99. The first kappa shape index (κ1) is 13.4. The molecule has 0 fully saturated rings. The van der Waals surface area contributed by atoms with Crippen LogP contribution in [0.3, 0.4) is 0 Å². The highest BCUT2D eigenvalue weighted by molar-refractivity contribution is 9.10. The molecule has 1 heterocycles. The van der Waals surface area contributed by atoms with Gasteiger partial charge in [-0.15, -0.1) is 0 Å². The number of H-pyrrole nitrogens is 1. The zero-order valence-corrected chi connectivity index (χ0v) is 12.9. The number of rotatable bonds is 4. The lowest BCUT2D eigenvalue weighted by molar-refractivity contribution is 0.574. The summed E-state index contributed by atoms with van der Waals surface area (Å²) in [4.78, 5) is 3.25. The highest BCUT2D eigenvalue weighted by atomic mass is 79.9. The van der Waals surface area contributed by atoms with Crippen LogP contribution >= 0.6 is 15.9 Å². The Morgan fingerprint density at radius 3 is 2.80 bits per heavy atom. The third-order valence-electron chi connectivity index (χ3n) is 3.66. The third kappa shape index (κ3) is 2.65.